The summed E-state index contributed by atoms with van der Waals surface area (Å²) in [5, 5.41) is 19.1. The van der Waals surface area contributed by atoms with Crippen molar-refractivity contribution in [1.29, 1.82) is 0 Å². The van der Waals surface area contributed by atoms with Crippen LogP contribution in [0.5, 0.6) is 5.75 Å². The third kappa shape index (κ3) is 2.45. The molecule has 0 amide bonds. The Kier molecular flexibility index (Phi) is 3.05. The Bertz CT molecular complexity index is 306. The van der Waals surface area contributed by atoms with E-state index >= 15 is 0 Å². The van der Waals surface area contributed by atoms with Crippen molar-refractivity contribution in [3.05, 3.63) is 26.6 Å². The highest BCUT2D eigenvalue weighted by Crippen LogP contribution is 2.36. The van der Waals surface area contributed by atoms with Gasteiger partial charge in [0.1, 0.15) is 5.75 Å². The summed E-state index contributed by atoms with van der Waals surface area (Å²) < 4.78 is 1.14. The van der Waals surface area contributed by atoms with Crippen molar-refractivity contribution >= 4 is 31.9 Å². The first kappa shape index (κ1) is 11.0. The summed E-state index contributed by atoms with van der Waals surface area (Å²) in [6, 6.07) is 3.39. The predicted octanol–water partition coefficient (Wildman–Crippen LogP) is 3.14. The van der Waals surface area contributed by atoms with E-state index in [2.05, 4.69) is 31.9 Å². The van der Waals surface area contributed by atoms with Gasteiger partial charge < -0.3 is 10.2 Å². The molecule has 0 aliphatic heterocycles. The van der Waals surface area contributed by atoms with Crippen molar-refractivity contribution in [2.45, 2.75) is 19.4 Å². The molecule has 2 nitrogen and oxygen atoms in total. The normalized spacial score (nSPS) is 11.8. The standard InChI is InChI=1S/C9H10Br2O2/c1-9(2,13)5-3-6(10)8(12)7(11)4-5/h3-4,12-13H,1-2H3. The molecular weight excluding hydrogens is 300 g/mol. The van der Waals surface area contributed by atoms with Crippen molar-refractivity contribution in [1.82, 2.24) is 0 Å². The Morgan fingerprint density at radius 1 is 1.15 bits per heavy atom. The van der Waals surface area contributed by atoms with Gasteiger partial charge in [-0.2, -0.15) is 0 Å². The van der Waals surface area contributed by atoms with Gasteiger partial charge in [0.05, 0.1) is 14.5 Å². The molecule has 0 aliphatic carbocycles. The highest BCUT2D eigenvalue weighted by Gasteiger charge is 2.18. The van der Waals surface area contributed by atoms with Crippen LogP contribution in [0.2, 0.25) is 0 Å². The number of benzene rings is 1. The summed E-state index contributed by atoms with van der Waals surface area (Å²) >= 11 is 6.40. The summed E-state index contributed by atoms with van der Waals surface area (Å²) in [5.41, 5.74) is -0.164. The van der Waals surface area contributed by atoms with Crippen LogP contribution < -0.4 is 0 Å². The van der Waals surface area contributed by atoms with E-state index in [1.807, 2.05) is 0 Å². The second-order valence-corrected chi connectivity index (χ2v) is 5.06. The van der Waals surface area contributed by atoms with Crippen LogP contribution in [-0.2, 0) is 5.60 Å². The third-order valence-electron chi connectivity index (χ3n) is 1.72. The van der Waals surface area contributed by atoms with Gasteiger partial charge in [-0.15, -0.1) is 0 Å². The van der Waals surface area contributed by atoms with Crippen LogP contribution in [0.1, 0.15) is 19.4 Å². The lowest BCUT2D eigenvalue weighted by Gasteiger charge is -2.18. The molecule has 4 heteroatoms. The molecule has 0 atom stereocenters. The van der Waals surface area contributed by atoms with Gasteiger partial charge in [-0.3, -0.25) is 0 Å². The largest absolute Gasteiger partial charge is 0.506 e. The quantitative estimate of drug-likeness (QED) is 0.836. The maximum Gasteiger partial charge on any atom is 0.143 e. The van der Waals surface area contributed by atoms with E-state index in [-0.39, 0.29) is 5.75 Å². The number of halogens is 2. The van der Waals surface area contributed by atoms with Gasteiger partial charge in [0.2, 0.25) is 0 Å². The number of aromatic hydroxyl groups is 1. The lowest BCUT2D eigenvalue weighted by molar-refractivity contribution is 0.0784. The molecular formula is C9H10Br2O2. The first-order chi connectivity index (χ1) is 5.82. The number of aliphatic hydroxyl groups is 1. The predicted molar refractivity (Wildman–Crippen MR) is 58.8 cm³/mol. The van der Waals surface area contributed by atoms with Crippen LogP contribution >= 0.6 is 31.9 Å². The average Bonchev–Trinajstić information content (AvgIpc) is 1.97. The monoisotopic (exact) mass is 308 g/mol. The number of rotatable bonds is 1. The maximum atomic E-state index is 9.71. The number of phenols is 1. The summed E-state index contributed by atoms with van der Waals surface area (Å²) in [7, 11) is 0. The smallest absolute Gasteiger partial charge is 0.143 e. The highest BCUT2D eigenvalue weighted by molar-refractivity contribution is 9.11. The second kappa shape index (κ2) is 3.59. The zero-order valence-electron chi connectivity index (χ0n) is 7.31. The molecule has 0 saturated carbocycles. The fourth-order valence-corrected chi connectivity index (χ4v) is 2.11. The molecule has 0 aromatic heterocycles. The van der Waals surface area contributed by atoms with Gasteiger partial charge in [0.15, 0.2) is 0 Å². The van der Waals surface area contributed by atoms with Crippen LogP contribution in [0.3, 0.4) is 0 Å². The van der Waals surface area contributed by atoms with Crippen LogP contribution in [-0.4, -0.2) is 10.2 Å². The summed E-state index contributed by atoms with van der Waals surface area (Å²) in [4.78, 5) is 0. The van der Waals surface area contributed by atoms with E-state index < -0.39 is 5.60 Å². The zero-order valence-corrected chi connectivity index (χ0v) is 10.5. The van der Waals surface area contributed by atoms with E-state index in [0.29, 0.717) is 8.95 Å². The minimum atomic E-state index is -0.904. The molecule has 0 aliphatic rings. The van der Waals surface area contributed by atoms with Crippen molar-refractivity contribution in [2.24, 2.45) is 0 Å². The summed E-state index contributed by atoms with van der Waals surface area (Å²) in [5.74, 6) is 0.146. The summed E-state index contributed by atoms with van der Waals surface area (Å²) in [6.07, 6.45) is 0. The lowest BCUT2D eigenvalue weighted by Crippen LogP contribution is -2.15. The summed E-state index contributed by atoms with van der Waals surface area (Å²) in [6.45, 7) is 3.39. The van der Waals surface area contributed by atoms with Crippen LogP contribution in [0, 0.1) is 0 Å². The van der Waals surface area contributed by atoms with Gasteiger partial charge in [-0.1, -0.05) is 0 Å². The molecule has 0 fully saturated rings. The molecule has 0 unspecified atom stereocenters. The van der Waals surface area contributed by atoms with Crippen LogP contribution in [0.25, 0.3) is 0 Å². The molecule has 0 heterocycles. The van der Waals surface area contributed by atoms with Crippen molar-refractivity contribution in [2.75, 3.05) is 0 Å². The fraction of sp³-hybridized carbons (Fsp3) is 0.333. The number of hydrogen-bond donors (Lipinski definition) is 2. The molecule has 0 radical (unpaired) electrons. The van der Waals surface area contributed by atoms with E-state index in [9.17, 15) is 10.2 Å². The van der Waals surface area contributed by atoms with Gasteiger partial charge in [0, 0.05) is 0 Å². The number of hydrogen-bond acceptors (Lipinski definition) is 2. The van der Waals surface area contributed by atoms with E-state index in [4.69, 9.17) is 0 Å². The second-order valence-electron chi connectivity index (χ2n) is 3.35. The minimum absolute atomic E-state index is 0.146. The molecule has 1 aromatic carbocycles. The third-order valence-corrected chi connectivity index (χ3v) is 2.93. The van der Waals surface area contributed by atoms with E-state index in [1.165, 1.54) is 0 Å². The van der Waals surface area contributed by atoms with Gasteiger partial charge >= 0.3 is 0 Å². The molecule has 2 N–H and O–H groups in total. The molecule has 0 bridgehead atoms. The first-order valence-corrected chi connectivity index (χ1v) is 5.32. The zero-order chi connectivity index (χ0) is 10.2. The van der Waals surface area contributed by atoms with Crippen molar-refractivity contribution in [3.8, 4) is 5.75 Å². The first-order valence-electron chi connectivity index (χ1n) is 3.73. The molecule has 1 rings (SSSR count). The van der Waals surface area contributed by atoms with Gasteiger partial charge in [-0.05, 0) is 63.4 Å². The van der Waals surface area contributed by atoms with Gasteiger partial charge in [-0.25, -0.2) is 0 Å². The Morgan fingerprint density at radius 3 is 1.85 bits per heavy atom. The van der Waals surface area contributed by atoms with Crippen molar-refractivity contribution in [3.63, 3.8) is 0 Å². The SMILES string of the molecule is CC(C)(O)c1cc(Br)c(O)c(Br)c1. The van der Waals surface area contributed by atoms with E-state index in [1.54, 1.807) is 26.0 Å². The van der Waals surface area contributed by atoms with Crippen molar-refractivity contribution < 1.29 is 10.2 Å². The molecule has 13 heavy (non-hydrogen) atoms. The average molecular weight is 310 g/mol. The van der Waals surface area contributed by atoms with E-state index in [0.717, 1.165) is 5.56 Å². The van der Waals surface area contributed by atoms with Gasteiger partial charge in [0.25, 0.3) is 0 Å². The Balaban J connectivity index is 3.29. The Morgan fingerprint density at radius 2 is 1.54 bits per heavy atom. The Labute approximate surface area is 93.8 Å². The fourth-order valence-electron chi connectivity index (χ4n) is 0.919. The highest BCUT2D eigenvalue weighted by atomic mass is 79.9. The molecule has 0 spiro atoms. The maximum absolute atomic E-state index is 9.71. The lowest BCUT2D eigenvalue weighted by atomic mass is 9.99. The molecule has 72 valence electrons. The topological polar surface area (TPSA) is 40.5 Å². The van der Waals surface area contributed by atoms with Crippen LogP contribution in [0.15, 0.2) is 21.1 Å². The number of phenolic OH excluding ortho intramolecular Hbond substituents is 1. The molecule has 1 aromatic rings. The molecule has 0 saturated heterocycles. The minimum Gasteiger partial charge on any atom is -0.506 e. The Hall–Kier alpha value is -0.0600. The van der Waals surface area contributed by atoms with Crippen LogP contribution in [0.4, 0.5) is 0 Å².